The van der Waals surface area contributed by atoms with E-state index in [0.717, 1.165) is 6.61 Å². The third-order valence-corrected chi connectivity index (χ3v) is 4.52. The molecule has 0 aromatic carbocycles. The lowest BCUT2D eigenvalue weighted by molar-refractivity contribution is -0.0648. The summed E-state index contributed by atoms with van der Waals surface area (Å²) >= 11 is 0. The molecule has 0 saturated heterocycles. The summed E-state index contributed by atoms with van der Waals surface area (Å²) in [6.45, 7) is 9.71. The van der Waals surface area contributed by atoms with Gasteiger partial charge in [0.25, 0.3) is 0 Å². The Bertz CT molecular complexity index is 289. The van der Waals surface area contributed by atoms with Crippen LogP contribution in [-0.2, 0) is 4.74 Å². The molecule has 1 rings (SSSR count). The molecule has 1 atom stereocenters. The van der Waals surface area contributed by atoms with E-state index in [9.17, 15) is 0 Å². The molecule has 1 aliphatic carbocycles. The molecule has 0 heterocycles. The maximum Gasteiger partial charge on any atom is 0.0663 e. The summed E-state index contributed by atoms with van der Waals surface area (Å²) < 4.78 is 6.03. The van der Waals surface area contributed by atoms with Gasteiger partial charge >= 0.3 is 0 Å². The minimum Gasteiger partial charge on any atom is -0.376 e. The highest BCUT2D eigenvalue weighted by Gasteiger charge is 2.34. The number of unbranched alkanes of at least 4 members (excludes halogenated alkanes) is 5. The average molecular weight is 278 g/mol. The van der Waals surface area contributed by atoms with Crippen LogP contribution in [0.2, 0.25) is 0 Å². The predicted octanol–water partition coefficient (Wildman–Crippen LogP) is 5.91. The van der Waals surface area contributed by atoms with Crippen LogP contribution in [0.4, 0.5) is 0 Å². The molecule has 0 N–H and O–H groups in total. The van der Waals surface area contributed by atoms with Crippen LogP contribution in [0.15, 0.2) is 24.3 Å². The Labute approximate surface area is 126 Å². The standard InChI is InChI=1S/C19H34O/c1-5-7-8-9-10-11-16-18(17-14-12-13-15-17)19(3,4)20-6-2/h12-15,17-18H,5-11,16H2,1-4H3. The highest BCUT2D eigenvalue weighted by atomic mass is 16.5. The van der Waals surface area contributed by atoms with E-state index >= 15 is 0 Å². The van der Waals surface area contributed by atoms with Crippen molar-refractivity contribution in [1.82, 2.24) is 0 Å². The average Bonchev–Trinajstić information content (AvgIpc) is 2.91. The summed E-state index contributed by atoms with van der Waals surface area (Å²) in [6, 6.07) is 0. The number of allylic oxidation sites excluding steroid dienone is 4. The Morgan fingerprint density at radius 2 is 1.55 bits per heavy atom. The second-order valence-corrected chi connectivity index (χ2v) is 6.55. The van der Waals surface area contributed by atoms with Crippen LogP contribution >= 0.6 is 0 Å². The Balaban J connectivity index is 2.43. The SMILES string of the molecule is CCCCCCCCC(C1C=CC=C1)C(C)(C)OCC. The lowest BCUT2D eigenvalue weighted by atomic mass is 9.77. The zero-order valence-electron chi connectivity index (χ0n) is 14.0. The quantitative estimate of drug-likeness (QED) is 0.427. The van der Waals surface area contributed by atoms with E-state index in [-0.39, 0.29) is 5.60 Å². The van der Waals surface area contributed by atoms with Gasteiger partial charge in [0.05, 0.1) is 5.60 Å². The molecular formula is C19H34O. The van der Waals surface area contributed by atoms with Crippen molar-refractivity contribution in [1.29, 1.82) is 0 Å². The first-order valence-electron chi connectivity index (χ1n) is 8.60. The summed E-state index contributed by atoms with van der Waals surface area (Å²) in [5, 5.41) is 0. The molecule has 1 nitrogen and oxygen atoms in total. The molecule has 0 aromatic heterocycles. The topological polar surface area (TPSA) is 9.23 Å². The largest absolute Gasteiger partial charge is 0.376 e. The molecule has 0 fully saturated rings. The molecule has 1 heteroatoms. The molecule has 0 aliphatic heterocycles. The third-order valence-electron chi connectivity index (χ3n) is 4.52. The van der Waals surface area contributed by atoms with E-state index in [1.807, 2.05) is 0 Å². The molecule has 0 amide bonds. The Hall–Kier alpha value is -0.560. The molecule has 116 valence electrons. The van der Waals surface area contributed by atoms with Crippen molar-refractivity contribution in [3.05, 3.63) is 24.3 Å². The number of ether oxygens (including phenoxy) is 1. The minimum atomic E-state index is -0.0259. The minimum absolute atomic E-state index is 0.0259. The third kappa shape index (κ3) is 5.83. The van der Waals surface area contributed by atoms with E-state index in [1.54, 1.807) is 0 Å². The summed E-state index contributed by atoms with van der Waals surface area (Å²) in [7, 11) is 0. The predicted molar refractivity (Wildman–Crippen MR) is 89.0 cm³/mol. The molecule has 0 aromatic rings. The lowest BCUT2D eigenvalue weighted by Gasteiger charge is -2.37. The van der Waals surface area contributed by atoms with E-state index < -0.39 is 0 Å². The van der Waals surface area contributed by atoms with Crippen LogP contribution in [0.3, 0.4) is 0 Å². The van der Waals surface area contributed by atoms with Gasteiger partial charge in [0, 0.05) is 12.5 Å². The highest BCUT2D eigenvalue weighted by Crippen LogP contribution is 2.36. The summed E-state index contributed by atoms with van der Waals surface area (Å²) in [4.78, 5) is 0. The number of rotatable bonds is 11. The zero-order chi connectivity index (χ0) is 14.8. The molecule has 0 radical (unpaired) electrons. The lowest BCUT2D eigenvalue weighted by Crippen LogP contribution is -2.38. The van der Waals surface area contributed by atoms with Crippen LogP contribution < -0.4 is 0 Å². The maximum atomic E-state index is 6.03. The van der Waals surface area contributed by atoms with Crippen LogP contribution in [-0.4, -0.2) is 12.2 Å². The molecule has 1 unspecified atom stereocenters. The van der Waals surface area contributed by atoms with Gasteiger partial charge in [-0.05, 0) is 33.1 Å². The van der Waals surface area contributed by atoms with Gasteiger partial charge in [-0.25, -0.2) is 0 Å². The zero-order valence-corrected chi connectivity index (χ0v) is 14.0. The van der Waals surface area contributed by atoms with Gasteiger partial charge in [0.15, 0.2) is 0 Å². The van der Waals surface area contributed by atoms with Crippen molar-refractivity contribution in [3.8, 4) is 0 Å². The van der Waals surface area contributed by atoms with Gasteiger partial charge in [0.1, 0.15) is 0 Å². The van der Waals surface area contributed by atoms with Crippen LogP contribution in [0.1, 0.15) is 72.6 Å². The number of hydrogen-bond acceptors (Lipinski definition) is 1. The molecule has 0 saturated carbocycles. The van der Waals surface area contributed by atoms with Crippen LogP contribution in [0, 0.1) is 11.8 Å². The fourth-order valence-corrected chi connectivity index (χ4v) is 3.34. The van der Waals surface area contributed by atoms with E-state index in [4.69, 9.17) is 4.74 Å². The van der Waals surface area contributed by atoms with Gasteiger partial charge in [-0.3, -0.25) is 0 Å². The fourth-order valence-electron chi connectivity index (χ4n) is 3.34. The molecule has 1 aliphatic rings. The molecule has 0 bridgehead atoms. The normalized spacial score (nSPS) is 17.0. The van der Waals surface area contributed by atoms with Crippen LogP contribution in [0.5, 0.6) is 0 Å². The first-order chi connectivity index (χ1) is 9.61. The Morgan fingerprint density at radius 3 is 2.15 bits per heavy atom. The number of hydrogen-bond donors (Lipinski definition) is 0. The van der Waals surface area contributed by atoms with Gasteiger partial charge < -0.3 is 4.74 Å². The Morgan fingerprint density at radius 1 is 0.950 bits per heavy atom. The first kappa shape index (κ1) is 17.5. The monoisotopic (exact) mass is 278 g/mol. The highest BCUT2D eigenvalue weighted by molar-refractivity contribution is 5.19. The van der Waals surface area contributed by atoms with Gasteiger partial charge in [-0.15, -0.1) is 0 Å². The second-order valence-electron chi connectivity index (χ2n) is 6.55. The van der Waals surface area contributed by atoms with Crippen molar-refractivity contribution in [2.24, 2.45) is 11.8 Å². The molecular weight excluding hydrogens is 244 g/mol. The maximum absolute atomic E-state index is 6.03. The van der Waals surface area contributed by atoms with Crippen molar-refractivity contribution in [3.63, 3.8) is 0 Å². The summed E-state index contributed by atoms with van der Waals surface area (Å²) in [6.07, 6.45) is 18.5. The van der Waals surface area contributed by atoms with Gasteiger partial charge in [0.2, 0.25) is 0 Å². The van der Waals surface area contributed by atoms with Crippen LogP contribution in [0.25, 0.3) is 0 Å². The van der Waals surface area contributed by atoms with Crippen molar-refractivity contribution >= 4 is 0 Å². The summed E-state index contributed by atoms with van der Waals surface area (Å²) in [5.74, 6) is 1.16. The van der Waals surface area contributed by atoms with Crippen molar-refractivity contribution in [2.45, 2.75) is 78.2 Å². The van der Waals surface area contributed by atoms with E-state index in [1.165, 1.54) is 44.9 Å². The van der Waals surface area contributed by atoms with Crippen molar-refractivity contribution in [2.75, 3.05) is 6.61 Å². The van der Waals surface area contributed by atoms with E-state index in [0.29, 0.717) is 11.8 Å². The van der Waals surface area contributed by atoms with Gasteiger partial charge in [-0.2, -0.15) is 0 Å². The Kier molecular flexibility index (Phi) is 8.21. The smallest absolute Gasteiger partial charge is 0.0663 e. The first-order valence-corrected chi connectivity index (χ1v) is 8.60. The molecule has 0 spiro atoms. The molecule has 20 heavy (non-hydrogen) atoms. The van der Waals surface area contributed by atoms with Gasteiger partial charge in [-0.1, -0.05) is 69.8 Å². The van der Waals surface area contributed by atoms with E-state index in [2.05, 4.69) is 52.0 Å². The van der Waals surface area contributed by atoms with Crippen molar-refractivity contribution < 1.29 is 4.74 Å². The summed E-state index contributed by atoms with van der Waals surface area (Å²) in [5.41, 5.74) is -0.0259. The fraction of sp³-hybridized carbons (Fsp3) is 0.789. The second kappa shape index (κ2) is 9.39.